The molecule has 0 heterocycles. The largest absolute Gasteiger partial charge is 0.386 e. The summed E-state index contributed by atoms with van der Waals surface area (Å²) >= 11 is 0. The van der Waals surface area contributed by atoms with E-state index in [4.69, 9.17) is 5.26 Å². The molecule has 0 amide bonds. The zero-order valence-corrected chi connectivity index (χ0v) is 10.8. The van der Waals surface area contributed by atoms with Gasteiger partial charge in [0.15, 0.2) is 0 Å². The molecular formula is C15H11F3N2O. The minimum atomic E-state index is -1.47. The SMILES string of the molecule is N#Cc1ccc(NCC(O)c2c(F)cccc2F)c(F)c1. The van der Waals surface area contributed by atoms with Crippen molar-refractivity contribution < 1.29 is 18.3 Å². The molecule has 108 valence electrons. The summed E-state index contributed by atoms with van der Waals surface area (Å²) in [7, 11) is 0. The van der Waals surface area contributed by atoms with Crippen molar-refractivity contribution in [1.82, 2.24) is 0 Å². The quantitative estimate of drug-likeness (QED) is 0.910. The molecule has 0 aliphatic rings. The highest BCUT2D eigenvalue weighted by Gasteiger charge is 2.18. The van der Waals surface area contributed by atoms with Gasteiger partial charge in [-0.15, -0.1) is 0 Å². The number of nitrogens with one attached hydrogen (secondary N) is 1. The smallest absolute Gasteiger partial charge is 0.147 e. The summed E-state index contributed by atoms with van der Waals surface area (Å²) in [5.41, 5.74) is -0.289. The molecule has 0 saturated carbocycles. The highest BCUT2D eigenvalue weighted by molar-refractivity contribution is 5.49. The van der Waals surface area contributed by atoms with Gasteiger partial charge in [-0.25, -0.2) is 13.2 Å². The molecule has 0 bridgehead atoms. The molecule has 6 heteroatoms. The minimum Gasteiger partial charge on any atom is -0.386 e. The van der Waals surface area contributed by atoms with Gasteiger partial charge in [-0.05, 0) is 30.3 Å². The van der Waals surface area contributed by atoms with E-state index < -0.39 is 29.1 Å². The predicted octanol–water partition coefficient (Wildman–Crippen LogP) is 3.12. The minimum absolute atomic E-state index is 0.0322. The first-order chi connectivity index (χ1) is 10.0. The molecule has 1 atom stereocenters. The molecule has 3 nitrogen and oxygen atoms in total. The Kier molecular flexibility index (Phi) is 4.45. The van der Waals surface area contributed by atoms with E-state index in [0.717, 1.165) is 18.2 Å². The number of aliphatic hydroxyl groups excluding tert-OH is 1. The maximum absolute atomic E-state index is 13.6. The van der Waals surface area contributed by atoms with Crippen LogP contribution in [0.3, 0.4) is 0 Å². The number of benzene rings is 2. The summed E-state index contributed by atoms with van der Waals surface area (Å²) in [5, 5.41) is 21.0. The number of nitriles is 1. The van der Waals surface area contributed by atoms with Gasteiger partial charge in [-0.2, -0.15) is 5.26 Å². The van der Waals surface area contributed by atoms with Crippen LogP contribution in [0.1, 0.15) is 17.2 Å². The number of nitrogens with zero attached hydrogens (tertiary/aromatic N) is 1. The fraction of sp³-hybridized carbons (Fsp3) is 0.133. The van der Waals surface area contributed by atoms with Crippen molar-refractivity contribution in [2.45, 2.75) is 6.10 Å². The summed E-state index contributed by atoms with van der Waals surface area (Å²) in [5.74, 6) is -2.43. The summed E-state index contributed by atoms with van der Waals surface area (Å²) in [6, 6.07) is 8.77. The molecule has 0 aliphatic carbocycles. The van der Waals surface area contributed by atoms with E-state index in [2.05, 4.69) is 5.32 Å². The Morgan fingerprint density at radius 1 is 1.10 bits per heavy atom. The molecule has 2 N–H and O–H groups in total. The average molecular weight is 292 g/mol. The second-order valence-corrected chi connectivity index (χ2v) is 4.34. The average Bonchev–Trinajstić information content (AvgIpc) is 2.45. The third-order valence-corrected chi connectivity index (χ3v) is 2.92. The molecule has 0 spiro atoms. The van der Waals surface area contributed by atoms with E-state index in [1.807, 2.05) is 0 Å². The second kappa shape index (κ2) is 6.29. The Bertz CT molecular complexity index is 678. The standard InChI is InChI=1S/C15H11F3N2O/c16-10-2-1-3-11(17)15(10)14(21)8-20-13-5-4-9(7-19)6-12(13)18/h1-6,14,20-21H,8H2. The van der Waals surface area contributed by atoms with Gasteiger partial charge in [0.05, 0.1) is 22.9 Å². The van der Waals surface area contributed by atoms with Crippen LogP contribution in [-0.4, -0.2) is 11.7 Å². The van der Waals surface area contributed by atoms with Crippen LogP contribution in [0.5, 0.6) is 0 Å². The molecule has 0 saturated heterocycles. The Morgan fingerprint density at radius 3 is 2.33 bits per heavy atom. The van der Waals surface area contributed by atoms with Crippen LogP contribution in [0.2, 0.25) is 0 Å². The van der Waals surface area contributed by atoms with Gasteiger partial charge in [0.2, 0.25) is 0 Å². The Labute approximate surface area is 119 Å². The number of halogens is 3. The lowest BCUT2D eigenvalue weighted by Crippen LogP contribution is -2.15. The molecule has 0 aromatic heterocycles. The third kappa shape index (κ3) is 3.33. The topological polar surface area (TPSA) is 56.0 Å². The van der Waals surface area contributed by atoms with Crippen LogP contribution in [-0.2, 0) is 0 Å². The van der Waals surface area contributed by atoms with E-state index in [1.165, 1.54) is 18.2 Å². The monoisotopic (exact) mass is 292 g/mol. The molecule has 0 fully saturated rings. The number of anilines is 1. The van der Waals surface area contributed by atoms with Crippen LogP contribution < -0.4 is 5.32 Å². The van der Waals surface area contributed by atoms with E-state index >= 15 is 0 Å². The summed E-state index contributed by atoms with van der Waals surface area (Å²) in [6.45, 7) is -0.277. The lowest BCUT2D eigenvalue weighted by atomic mass is 10.1. The van der Waals surface area contributed by atoms with Gasteiger partial charge in [0.25, 0.3) is 0 Å². The highest BCUT2D eigenvalue weighted by atomic mass is 19.1. The number of aliphatic hydroxyl groups is 1. The first kappa shape index (κ1) is 14.9. The first-order valence-corrected chi connectivity index (χ1v) is 6.08. The van der Waals surface area contributed by atoms with Crippen molar-refractivity contribution in [3.63, 3.8) is 0 Å². The summed E-state index contributed by atoms with van der Waals surface area (Å²) in [6.07, 6.45) is -1.47. The zero-order chi connectivity index (χ0) is 15.4. The summed E-state index contributed by atoms with van der Waals surface area (Å²) < 4.78 is 40.5. The molecule has 1 unspecified atom stereocenters. The van der Waals surface area contributed by atoms with Gasteiger partial charge in [0, 0.05) is 6.54 Å². The number of hydrogen-bond donors (Lipinski definition) is 2. The molecule has 2 rings (SSSR count). The van der Waals surface area contributed by atoms with E-state index in [-0.39, 0.29) is 17.8 Å². The Balaban J connectivity index is 2.11. The van der Waals surface area contributed by atoms with Crippen LogP contribution in [0, 0.1) is 28.8 Å². The fourth-order valence-corrected chi connectivity index (χ4v) is 1.87. The zero-order valence-electron chi connectivity index (χ0n) is 10.8. The van der Waals surface area contributed by atoms with Gasteiger partial charge < -0.3 is 10.4 Å². The molecule has 0 aliphatic heterocycles. The van der Waals surface area contributed by atoms with Crippen molar-refractivity contribution in [3.05, 3.63) is 65.0 Å². The highest BCUT2D eigenvalue weighted by Crippen LogP contribution is 2.22. The van der Waals surface area contributed by atoms with Crippen molar-refractivity contribution in [2.75, 3.05) is 11.9 Å². The summed E-state index contributed by atoms with van der Waals surface area (Å²) in [4.78, 5) is 0. The third-order valence-electron chi connectivity index (χ3n) is 2.92. The Morgan fingerprint density at radius 2 is 1.76 bits per heavy atom. The van der Waals surface area contributed by atoms with Crippen molar-refractivity contribution in [2.24, 2.45) is 0 Å². The lowest BCUT2D eigenvalue weighted by molar-refractivity contribution is 0.181. The molecule has 21 heavy (non-hydrogen) atoms. The van der Waals surface area contributed by atoms with Crippen molar-refractivity contribution >= 4 is 5.69 Å². The fourth-order valence-electron chi connectivity index (χ4n) is 1.87. The molecule has 2 aromatic rings. The van der Waals surface area contributed by atoms with Gasteiger partial charge in [0.1, 0.15) is 23.6 Å². The normalized spacial score (nSPS) is 11.8. The Hall–Kier alpha value is -2.52. The second-order valence-electron chi connectivity index (χ2n) is 4.34. The van der Waals surface area contributed by atoms with Crippen LogP contribution >= 0.6 is 0 Å². The lowest BCUT2D eigenvalue weighted by Gasteiger charge is -2.15. The molecular weight excluding hydrogens is 281 g/mol. The van der Waals surface area contributed by atoms with Gasteiger partial charge in [-0.1, -0.05) is 6.07 Å². The molecule has 2 aromatic carbocycles. The molecule has 0 radical (unpaired) electrons. The maximum Gasteiger partial charge on any atom is 0.147 e. The van der Waals surface area contributed by atoms with Crippen LogP contribution in [0.25, 0.3) is 0 Å². The van der Waals surface area contributed by atoms with E-state index in [1.54, 1.807) is 6.07 Å². The van der Waals surface area contributed by atoms with Crippen LogP contribution in [0.4, 0.5) is 18.9 Å². The van der Waals surface area contributed by atoms with Crippen molar-refractivity contribution in [1.29, 1.82) is 5.26 Å². The maximum atomic E-state index is 13.6. The van der Waals surface area contributed by atoms with E-state index in [0.29, 0.717) is 0 Å². The van der Waals surface area contributed by atoms with Gasteiger partial charge in [-0.3, -0.25) is 0 Å². The van der Waals surface area contributed by atoms with Crippen LogP contribution in [0.15, 0.2) is 36.4 Å². The van der Waals surface area contributed by atoms with Gasteiger partial charge >= 0.3 is 0 Å². The predicted molar refractivity (Wildman–Crippen MR) is 70.9 cm³/mol. The number of hydrogen-bond acceptors (Lipinski definition) is 3. The van der Waals surface area contributed by atoms with Crippen molar-refractivity contribution in [3.8, 4) is 6.07 Å². The number of rotatable bonds is 4. The first-order valence-electron chi connectivity index (χ1n) is 6.08. The van der Waals surface area contributed by atoms with E-state index in [9.17, 15) is 18.3 Å².